The fourth-order valence-corrected chi connectivity index (χ4v) is 3.29. The zero-order chi connectivity index (χ0) is 23.2. The average molecular weight is 441 g/mol. The number of ether oxygens (including phenoxy) is 1. The molecule has 0 aromatic heterocycles. The molecular weight excluding hydrogens is 418 g/mol. The predicted octanol–water partition coefficient (Wildman–Crippen LogP) is 4.11. The van der Waals surface area contributed by atoms with Gasteiger partial charge in [-0.1, -0.05) is 60.2 Å². The molecule has 166 valence electrons. The van der Waals surface area contributed by atoms with E-state index >= 15 is 0 Å². The SMILES string of the molecule is Cc1ccc(CN2C(=O)N/C(=C/c3ccc(OCC(=O)Nc4ccccc4)cc3)C2=O)cc1. The number of benzene rings is 3. The summed E-state index contributed by atoms with van der Waals surface area (Å²) in [7, 11) is 0. The standard InChI is InChI=1S/C26H23N3O4/c1-18-7-9-20(10-8-18)16-29-25(31)23(28-26(29)32)15-19-11-13-22(14-12-19)33-17-24(30)27-21-5-3-2-4-6-21/h2-15H,16-17H2,1H3,(H,27,30)(H,28,32)/b23-15+. The van der Waals surface area contributed by atoms with Crippen LogP contribution in [-0.2, 0) is 16.1 Å². The van der Waals surface area contributed by atoms with Gasteiger partial charge in [0.25, 0.3) is 11.8 Å². The van der Waals surface area contributed by atoms with Crippen molar-refractivity contribution >= 4 is 29.6 Å². The highest BCUT2D eigenvalue weighted by Gasteiger charge is 2.33. The summed E-state index contributed by atoms with van der Waals surface area (Å²) >= 11 is 0. The first-order valence-electron chi connectivity index (χ1n) is 10.5. The molecule has 1 heterocycles. The predicted molar refractivity (Wildman–Crippen MR) is 125 cm³/mol. The average Bonchev–Trinajstić information content (AvgIpc) is 3.08. The number of nitrogens with zero attached hydrogens (tertiary/aromatic N) is 1. The van der Waals surface area contributed by atoms with Crippen LogP contribution in [0.3, 0.4) is 0 Å². The van der Waals surface area contributed by atoms with Crippen molar-refractivity contribution in [2.45, 2.75) is 13.5 Å². The lowest BCUT2D eigenvalue weighted by molar-refractivity contribution is -0.123. The number of aryl methyl sites for hydroxylation is 1. The maximum Gasteiger partial charge on any atom is 0.329 e. The summed E-state index contributed by atoms with van der Waals surface area (Å²) in [4.78, 5) is 38.2. The van der Waals surface area contributed by atoms with E-state index in [0.29, 0.717) is 11.4 Å². The van der Waals surface area contributed by atoms with Crippen LogP contribution in [0, 0.1) is 6.92 Å². The van der Waals surface area contributed by atoms with E-state index in [1.54, 1.807) is 42.5 Å². The van der Waals surface area contributed by atoms with Gasteiger partial charge >= 0.3 is 6.03 Å². The van der Waals surface area contributed by atoms with E-state index in [4.69, 9.17) is 4.74 Å². The van der Waals surface area contributed by atoms with Crippen molar-refractivity contribution in [3.05, 3.63) is 101 Å². The molecule has 33 heavy (non-hydrogen) atoms. The van der Waals surface area contributed by atoms with Crippen LogP contribution in [-0.4, -0.2) is 29.4 Å². The molecule has 4 rings (SSSR count). The van der Waals surface area contributed by atoms with E-state index < -0.39 is 6.03 Å². The highest BCUT2D eigenvalue weighted by Crippen LogP contribution is 2.19. The van der Waals surface area contributed by atoms with Gasteiger partial charge in [0.2, 0.25) is 0 Å². The van der Waals surface area contributed by atoms with Gasteiger partial charge < -0.3 is 15.4 Å². The number of urea groups is 1. The van der Waals surface area contributed by atoms with Crippen LogP contribution in [0.15, 0.2) is 84.6 Å². The Morgan fingerprint density at radius 1 is 0.970 bits per heavy atom. The first kappa shape index (κ1) is 21.8. The Balaban J connectivity index is 1.34. The van der Waals surface area contributed by atoms with Crippen molar-refractivity contribution in [3.8, 4) is 5.75 Å². The van der Waals surface area contributed by atoms with Crippen molar-refractivity contribution in [2.75, 3.05) is 11.9 Å². The number of rotatable bonds is 7. The third kappa shape index (κ3) is 5.65. The lowest BCUT2D eigenvalue weighted by Gasteiger charge is -2.11. The largest absolute Gasteiger partial charge is 0.484 e. The van der Waals surface area contributed by atoms with E-state index in [9.17, 15) is 14.4 Å². The molecule has 7 nitrogen and oxygen atoms in total. The smallest absolute Gasteiger partial charge is 0.329 e. The Hall–Kier alpha value is -4.39. The zero-order valence-electron chi connectivity index (χ0n) is 18.1. The first-order chi connectivity index (χ1) is 16.0. The van der Waals surface area contributed by atoms with Gasteiger partial charge in [0.15, 0.2) is 6.61 Å². The van der Waals surface area contributed by atoms with Crippen LogP contribution in [0.25, 0.3) is 6.08 Å². The Morgan fingerprint density at radius 2 is 1.67 bits per heavy atom. The number of carbonyl (C=O) groups excluding carboxylic acids is 3. The molecule has 1 saturated heterocycles. The van der Waals surface area contributed by atoms with Crippen LogP contribution in [0.4, 0.5) is 10.5 Å². The molecule has 0 radical (unpaired) electrons. The monoisotopic (exact) mass is 441 g/mol. The summed E-state index contributed by atoms with van der Waals surface area (Å²) in [5.74, 6) is -0.123. The Kier molecular flexibility index (Phi) is 6.50. The molecule has 0 unspecified atom stereocenters. The number of hydrogen-bond donors (Lipinski definition) is 2. The Morgan fingerprint density at radius 3 is 2.36 bits per heavy atom. The summed E-state index contributed by atoms with van der Waals surface area (Å²) in [5, 5.41) is 5.38. The number of amides is 4. The molecule has 1 fully saturated rings. The molecule has 0 atom stereocenters. The third-order valence-corrected chi connectivity index (χ3v) is 5.04. The normalized spacial score (nSPS) is 14.3. The minimum absolute atomic E-state index is 0.127. The van der Waals surface area contributed by atoms with Crippen molar-refractivity contribution in [1.82, 2.24) is 10.2 Å². The molecular formula is C26H23N3O4. The molecule has 0 aliphatic carbocycles. The van der Waals surface area contributed by atoms with Crippen LogP contribution in [0.2, 0.25) is 0 Å². The van der Waals surface area contributed by atoms with Crippen LogP contribution >= 0.6 is 0 Å². The molecule has 3 aromatic carbocycles. The fourth-order valence-electron chi connectivity index (χ4n) is 3.29. The summed E-state index contributed by atoms with van der Waals surface area (Å²) in [6, 6.07) is 23.3. The number of para-hydroxylation sites is 1. The van der Waals surface area contributed by atoms with Crippen molar-refractivity contribution in [2.24, 2.45) is 0 Å². The van der Waals surface area contributed by atoms with Crippen LogP contribution < -0.4 is 15.4 Å². The Labute approximate surface area is 191 Å². The van der Waals surface area contributed by atoms with Gasteiger partial charge in [-0.25, -0.2) is 4.79 Å². The number of hydrogen-bond acceptors (Lipinski definition) is 4. The van der Waals surface area contributed by atoms with E-state index in [1.165, 1.54) is 4.90 Å². The van der Waals surface area contributed by atoms with Crippen LogP contribution in [0.5, 0.6) is 5.75 Å². The molecule has 0 bridgehead atoms. The van der Waals surface area contributed by atoms with Gasteiger partial charge in [0, 0.05) is 5.69 Å². The topological polar surface area (TPSA) is 87.7 Å². The van der Waals surface area contributed by atoms with Gasteiger partial charge in [-0.3, -0.25) is 14.5 Å². The van der Waals surface area contributed by atoms with E-state index in [2.05, 4.69) is 10.6 Å². The lowest BCUT2D eigenvalue weighted by Crippen LogP contribution is -2.30. The van der Waals surface area contributed by atoms with Crippen molar-refractivity contribution < 1.29 is 19.1 Å². The van der Waals surface area contributed by atoms with Gasteiger partial charge in [0.05, 0.1) is 6.54 Å². The van der Waals surface area contributed by atoms with Crippen molar-refractivity contribution in [3.63, 3.8) is 0 Å². The second kappa shape index (κ2) is 9.82. The first-order valence-corrected chi connectivity index (χ1v) is 10.5. The highest BCUT2D eigenvalue weighted by molar-refractivity contribution is 6.13. The molecule has 0 spiro atoms. The molecule has 2 N–H and O–H groups in total. The van der Waals surface area contributed by atoms with E-state index in [1.807, 2.05) is 49.4 Å². The fraction of sp³-hybridized carbons (Fsp3) is 0.115. The number of anilines is 1. The molecule has 3 aromatic rings. The van der Waals surface area contributed by atoms with E-state index in [0.717, 1.165) is 16.7 Å². The molecule has 0 saturated carbocycles. The zero-order valence-corrected chi connectivity index (χ0v) is 18.1. The molecule has 1 aliphatic rings. The van der Waals surface area contributed by atoms with Gasteiger partial charge in [-0.2, -0.15) is 0 Å². The summed E-state index contributed by atoms with van der Waals surface area (Å²) < 4.78 is 5.52. The minimum Gasteiger partial charge on any atom is -0.484 e. The second-order valence-electron chi connectivity index (χ2n) is 7.64. The highest BCUT2D eigenvalue weighted by atomic mass is 16.5. The van der Waals surface area contributed by atoms with E-state index in [-0.39, 0.29) is 30.7 Å². The summed E-state index contributed by atoms with van der Waals surface area (Å²) in [6.45, 7) is 2.06. The Bertz CT molecular complexity index is 1190. The quantitative estimate of drug-likeness (QED) is 0.427. The van der Waals surface area contributed by atoms with Crippen molar-refractivity contribution in [1.29, 1.82) is 0 Å². The minimum atomic E-state index is -0.448. The van der Waals surface area contributed by atoms with Gasteiger partial charge in [-0.05, 0) is 48.4 Å². The molecule has 1 aliphatic heterocycles. The third-order valence-electron chi connectivity index (χ3n) is 5.04. The summed E-state index contributed by atoms with van der Waals surface area (Å²) in [5.41, 5.74) is 3.62. The molecule has 4 amide bonds. The van der Waals surface area contributed by atoms with Gasteiger partial charge in [-0.15, -0.1) is 0 Å². The molecule has 7 heteroatoms. The number of carbonyl (C=O) groups is 3. The van der Waals surface area contributed by atoms with Crippen LogP contribution in [0.1, 0.15) is 16.7 Å². The number of imide groups is 1. The second-order valence-corrected chi connectivity index (χ2v) is 7.64. The maximum absolute atomic E-state index is 12.7. The summed E-state index contributed by atoms with van der Waals surface area (Å²) in [6.07, 6.45) is 1.61. The maximum atomic E-state index is 12.7. The number of nitrogens with one attached hydrogen (secondary N) is 2. The van der Waals surface area contributed by atoms with Gasteiger partial charge in [0.1, 0.15) is 11.4 Å². The lowest BCUT2D eigenvalue weighted by atomic mass is 10.1.